The largest absolute Gasteiger partial charge is 0.326 e. The minimum atomic E-state index is -0.217. The Bertz CT molecular complexity index is 626. The second-order valence-electron chi connectivity index (χ2n) is 5.44. The molecule has 0 radical (unpaired) electrons. The number of anilines is 1. The first-order chi connectivity index (χ1) is 11.2. The van der Waals surface area contributed by atoms with Crippen LogP contribution in [-0.4, -0.2) is 19.0 Å². The van der Waals surface area contributed by atoms with Crippen molar-refractivity contribution in [3.8, 4) is 0 Å². The van der Waals surface area contributed by atoms with Gasteiger partial charge in [-0.25, -0.2) is 4.39 Å². The van der Waals surface area contributed by atoms with Crippen molar-refractivity contribution in [2.24, 2.45) is 0 Å². The fourth-order valence-electron chi connectivity index (χ4n) is 2.37. The van der Waals surface area contributed by atoms with Crippen molar-refractivity contribution in [1.82, 2.24) is 5.32 Å². The maximum atomic E-state index is 12.8. The molecule has 0 bridgehead atoms. The third-order valence-electron chi connectivity index (χ3n) is 3.70. The molecule has 0 unspecified atom stereocenters. The monoisotopic (exact) mass is 314 g/mol. The fourth-order valence-corrected chi connectivity index (χ4v) is 2.37. The van der Waals surface area contributed by atoms with Crippen molar-refractivity contribution in [3.63, 3.8) is 0 Å². The van der Waals surface area contributed by atoms with Crippen LogP contribution in [0.4, 0.5) is 10.1 Å². The average molecular weight is 314 g/mol. The Kier molecular flexibility index (Phi) is 6.76. The molecule has 0 atom stereocenters. The van der Waals surface area contributed by atoms with Crippen molar-refractivity contribution in [2.45, 2.75) is 26.2 Å². The van der Waals surface area contributed by atoms with Crippen LogP contribution in [0.25, 0.3) is 0 Å². The van der Waals surface area contributed by atoms with E-state index in [0.29, 0.717) is 13.0 Å². The maximum Gasteiger partial charge on any atom is 0.225 e. The van der Waals surface area contributed by atoms with Crippen LogP contribution in [0.5, 0.6) is 0 Å². The summed E-state index contributed by atoms with van der Waals surface area (Å²) in [5, 5.41) is 6.19. The van der Waals surface area contributed by atoms with Gasteiger partial charge in [0.15, 0.2) is 0 Å². The van der Waals surface area contributed by atoms with Crippen molar-refractivity contribution in [3.05, 3.63) is 65.5 Å². The van der Waals surface area contributed by atoms with Crippen LogP contribution in [0.3, 0.4) is 0 Å². The number of carbonyl (C=O) groups is 1. The molecule has 0 fully saturated rings. The predicted molar refractivity (Wildman–Crippen MR) is 92.0 cm³/mol. The zero-order chi connectivity index (χ0) is 16.5. The highest BCUT2D eigenvalue weighted by Gasteiger charge is 2.05. The molecule has 0 heterocycles. The summed E-state index contributed by atoms with van der Waals surface area (Å²) in [5.74, 6) is -0.203. The first kappa shape index (κ1) is 17.2. The van der Waals surface area contributed by atoms with E-state index in [0.717, 1.165) is 36.2 Å². The molecule has 3 nitrogen and oxygen atoms in total. The Morgan fingerprint density at radius 1 is 1.04 bits per heavy atom. The molecular weight excluding hydrogens is 291 g/mol. The summed E-state index contributed by atoms with van der Waals surface area (Å²) in [6, 6.07) is 14.4. The number of halogens is 1. The first-order valence-electron chi connectivity index (χ1n) is 8.02. The average Bonchev–Trinajstić information content (AvgIpc) is 2.57. The summed E-state index contributed by atoms with van der Waals surface area (Å²) in [5.41, 5.74) is 3.12. The van der Waals surface area contributed by atoms with Gasteiger partial charge >= 0.3 is 0 Å². The van der Waals surface area contributed by atoms with Gasteiger partial charge in [0.2, 0.25) is 5.91 Å². The predicted octanol–water partition coefficient (Wildman–Crippen LogP) is 3.55. The van der Waals surface area contributed by atoms with Crippen molar-refractivity contribution in [1.29, 1.82) is 0 Å². The smallest absolute Gasteiger partial charge is 0.225 e. The third kappa shape index (κ3) is 5.83. The number of para-hydroxylation sites is 1. The van der Waals surface area contributed by atoms with Gasteiger partial charge in [-0.05, 0) is 48.7 Å². The van der Waals surface area contributed by atoms with Gasteiger partial charge in [0, 0.05) is 18.7 Å². The minimum absolute atomic E-state index is 0.0141. The van der Waals surface area contributed by atoms with Crippen molar-refractivity contribution < 1.29 is 9.18 Å². The molecule has 23 heavy (non-hydrogen) atoms. The molecule has 2 N–H and O–H groups in total. The first-order valence-corrected chi connectivity index (χ1v) is 8.02. The zero-order valence-electron chi connectivity index (χ0n) is 13.4. The van der Waals surface area contributed by atoms with E-state index in [1.54, 1.807) is 12.1 Å². The number of aryl methyl sites for hydroxylation is 1. The Hall–Kier alpha value is -2.20. The molecule has 0 saturated heterocycles. The van der Waals surface area contributed by atoms with Gasteiger partial charge in [-0.15, -0.1) is 0 Å². The van der Waals surface area contributed by atoms with E-state index in [2.05, 4.69) is 17.6 Å². The number of nitrogens with one attached hydrogen (secondary N) is 2. The van der Waals surface area contributed by atoms with E-state index in [1.165, 1.54) is 12.1 Å². The highest BCUT2D eigenvalue weighted by Crippen LogP contribution is 2.15. The number of hydrogen-bond acceptors (Lipinski definition) is 2. The second kappa shape index (κ2) is 9.06. The summed E-state index contributed by atoms with van der Waals surface area (Å²) in [6.45, 7) is 3.47. The van der Waals surface area contributed by atoms with E-state index in [4.69, 9.17) is 0 Å². The lowest BCUT2D eigenvalue weighted by Crippen LogP contribution is -2.23. The zero-order valence-corrected chi connectivity index (χ0v) is 13.4. The van der Waals surface area contributed by atoms with Crippen LogP contribution in [0.15, 0.2) is 48.5 Å². The molecule has 4 heteroatoms. The Morgan fingerprint density at radius 3 is 2.52 bits per heavy atom. The minimum Gasteiger partial charge on any atom is -0.326 e. The maximum absolute atomic E-state index is 12.8. The number of carbonyl (C=O) groups excluding carboxylic acids is 1. The van der Waals surface area contributed by atoms with Crippen molar-refractivity contribution >= 4 is 11.6 Å². The van der Waals surface area contributed by atoms with E-state index >= 15 is 0 Å². The summed E-state index contributed by atoms with van der Waals surface area (Å²) in [6.07, 6.45) is 2.15. The molecule has 0 aliphatic rings. The van der Waals surface area contributed by atoms with Gasteiger partial charge in [-0.3, -0.25) is 4.79 Å². The van der Waals surface area contributed by atoms with Gasteiger partial charge in [0.1, 0.15) is 5.82 Å². The van der Waals surface area contributed by atoms with E-state index < -0.39 is 0 Å². The van der Waals surface area contributed by atoms with Gasteiger partial charge in [-0.2, -0.15) is 0 Å². The lowest BCUT2D eigenvalue weighted by molar-refractivity contribution is -0.116. The van der Waals surface area contributed by atoms with Gasteiger partial charge in [0.25, 0.3) is 0 Å². The molecular formula is C19H23FN2O. The molecule has 0 saturated carbocycles. The topological polar surface area (TPSA) is 41.1 Å². The van der Waals surface area contributed by atoms with Crippen LogP contribution in [0.2, 0.25) is 0 Å². The fraction of sp³-hybridized carbons (Fsp3) is 0.316. The third-order valence-corrected chi connectivity index (χ3v) is 3.70. The van der Waals surface area contributed by atoms with Gasteiger partial charge < -0.3 is 10.6 Å². The molecule has 122 valence electrons. The van der Waals surface area contributed by atoms with Crippen LogP contribution in [-0.2, 0) is 17.6 Å². The Morgan fingerprint density at radius 2 is 1.78 bits per heavy atom. The molecule has 0 aliphatic heterocycles. The van der Waals surface area contributed by atoms with Gasteiger partial charge in [0.05, 0.1) is 0 Å². The molecule has 1 amide bonds. The second-order valence-corrected chi connectivity index (χ2v) is 5.44. The van der Waals surface area contributed by atoms with E-state index in [9.17, 15) is 9.18 Å². The van der Waals surface area contributed by atoms with Crippen LogP contribution < -0.4 is 10.6 Å². The molecule has 2 aromatic rings. The molecule has 0 spiro atoms. The number of amides is 1. The molecule has 0 aliphatic carbocycles. The lowest BCUT2D eigenvalue weighted by Gasteiger charge is -2.10. The van der Waals surface area contributed by atoms with Gasteiger partial charge in [-0.1, -0.05) is 37.3 Å². The summed E-state index contributed by atoms with van der Waals surface area (Å²) >= 11 is 0. The van der Waals surface area contributed by atoms with Crippen LogP contribution in [0.1, 0.15) is 24.5 Å². The molecule has 2 rings (SSSR count). The molecule has 0 aromatic heterocycles. The Balaban J connectivity index is 1.66. The normalized spacial score (nSPS) is 10.5. The standard InChI is InChI=1S/C19H23FN2O/c1-2-16-5-3-4-6-18(16)22-19(23)12-14-21-13-11-15-7-9-17(20)10-8-15/h3-10,21H,2,11-14H2,1H3,(H,22,23). The number of rotatable bonds is 8. The van der Waals surface area contributed by atoms with E-state index in [1.807, 2.05) is 24.3 Å². The lowest BCUT2D eigenvalue weighted by atomic mass is 10.1. The highest BCUT2D eigenvalue weighted by molar-refractivity contribution is 5.91. The quantitative estimate of drug-likeness (QED) is 0.732. The SMILES string of the molecule is CCc1ccccc1NC(=O)CCNCCc1ccc(F)cc1. The van der Waals surface area contributed by atoms with Crippen LogP contribution >= 0.6 is 0 Å². The highest BCUT2D eigenvalue weighted by atomic mass is 19.1. The van der Waals surface area contributed by atoms with E-state index in [-0.39, 0.29) is 11.7 Å². The summed E-state index contributed by atoms with van der Waals surface area (Å²) in [7, 11) is 0. The number of hydrogen-bond donors (Lipinski definition) is 2. The molecule has 2 aromatic carbocycles. The van der Waals surface area contributed by atoms with Crippen LogP contribution in [0, 0.1) is 5.82 Å². The Labute approximate surface area is 136 Å². The summed E-state index contributed by atoms with van der Waals surface area (Å²) < 4.78 is 12.8. The van der Waals surface area contributed by atoms with Crippen molar-refractivity contribution in [2.75, 3.05) is 18.4 Å². The summed E-state index contributed by atoms with van der Waals surface area (Å²) in [4.78, 5) is 12.0. The number of benzene rings is 2.